The van der Waals surface area contributed by atoms with Crippen molar-refractivity contribution in [1.82, 2.24) is 36.1 Å². The minimum Gasteiger partial charge on any atom is -0.329 e. The summed E-state index contributed by atoms with van der Waals surface area (Å²) >= 11 is 0. The first kappa shape index (κ1) is 15.3. The van der Waals surface area contributed by atoms with Gasteiger partial charge in [-0.1, -0.05) is 24.2 Å². The van der Waals surface area contributed by atoms with E-state index in [0.717, 1.165) is 0 Å². The van der Waals surface area contributed by atoms with Gasteiger partial charge in [-0.05, 0) is 6.92 Å². The lowest BCUT2D eigenvalue weighted by atomic mass is 9.88. The van der Waals surface area contributed by atoms with Gasteiger partial charge in [-0.3, -0.25) is 9.51 Å². The summed E-state index contributed by atoms with van der Waals surface area (Å²) in [5.74, 6) is 0.496. The number of aromatic nitrogens is 6. The zero-order chi connectivity index (χ0) is 15.5. The molecule has 0 spiro atoms. The molecule has 116 valence electrons. The molecule has 0 amide bonds. The Morgan fingerprint density at radius 1 is 1.33 bits per heavy atom. The van der Waals surface area contributed by atoms with Crippen LogP contribution in [0.5, 0.6) is 0 Å². The SMILES string of the molecule is CC(C)(CNCC(C)(CN)c1nn[nH]n1)c1noc(=O)[nH]1. The Labute approximate surface area is 120 Å². The van der Waals surface area contributed by atoms with Crippen LogP contribution in [0.15, 0.2) is 9.32 Å². The first-order valence-electron chi connectivity index (χ1n) is 6.58. The van der Waals surface area contributed by atoms with Crippen molar-refractivity contribution >= 4 is 0 Å². The Hall–Kier alpha value is -2.07. The lowest BCUT2D eigenvalue weighted by Crippen LogP contribution is -2.46. The summed E-state index contributed by atoms with van der Waals surface area (Å²) < 4.78 is 4.54. The third-order valence-corrected chi connectivity index (χ3v) is 3.50. The van der Waals surface area contributed by atoms with Gasteiger partial charge in [0.15, 0.2) is 11.6 Å². The van der Waals surface area contributed by atoms with Gasteiger partial charge in [-0.15, -0.1) is 10.2 Å². The van der Waals surface area contributed by atoms with Crippen molar-refractivity contribution in [1.29, 1.82) is 0 Å². The molecule has 10 nitrogen and oxygen atoms in total. The highest BCUT2D eigenvalue weighted by Gasteiger charge is 2.31. The van der Waals surface area contributed by atoms with Crippen molar-refractivity contribution in [3.05, 3.63) is 22.2 Å². The summed E-state index contributed by atoms with van der Waals surface area (Å²) in [7, 11) is 0. The molecule has 0 aromatic carbocycles. The molecule has 2 aromatic rings. The van der Waals surface area contributed by atoms with Crippen LogP contribution in [-0.2, 0) is 10.8 Å². The fraction of sp³-hybridized carbons (Fsp3) is 0.727. The highest BCUT2D eigenvalue weighted by Crippen LogP contribution is 2.19. The Morgan fingerprint density at radius 2 is 2.10 bits per heavy atom. The number of rotatable bonds is 7. The number of nitrogens with two attached hydrogens (primary N) is 1. The molecule has 0 aliphatic carbocycles. The van der Waals surface area contributed by atoms with Crippen molar-refractivity contribution in [3.63, 3.8) is 0 Å². The van der Waals surface area contributed by atoms with Crippen molar-refractivity contribution in [2.75, 3.05) is 19.6 Å². The highest BCUT2D eigenvalue weighted by molar-refractivity contribution is 5.06. The van der Waals surface area contributed by atoms with Gasteiger partial charge < -0.3 is 11.1 Å². The second kappa shape index (κ2) is 5.74. The fourth-order valence-electron chi connectivity index (χ4n) is 1.92. The van der Waals surface area contributed by atoms with Crippen molar-refractivity contribution in [2.24, 2.45) is 5.73 Å². The van der Waals surface area contributed by atoms with Gasteiger partial charge in [0.25, 0.3) is 0 Å². The molecule has 0 saturated heterocycles. The van der Waals surface area contributed by atoms with Crippen LogP contribution in [0.4, 0.5) is 0 Å². The molecule has 0 aliphatic heterocycles. The summed E-state index contributed by atoms with van der Waals surface area (Å²) in [6.45, 7) is 7.36. The largest absolute Gasteiger partial charge is 0.438 e. The number of hydrogen-bond acceptors (Lipinski definition) is 8. The first-order chi connectivity index (χ1) is 9.87. The van der Waals surface area contributed by atoms with Gasteiger partial charge in [0.1, 0.15) is 0 Å². The first-order valence-corrected chi connectivity index (χ1v) is 6.58. The summed E-state index contributed by atoms with van der Waals surface area (Å²) in [5.41, 5.74) is 5.01. The van der Waals surface area contributed by atoms with E-state index in [-0.39, 0.29) is 5.41 Å². The molecule has 10 heteroatoms. The number of aromatic amines is 2. The van der Waals surface area contributed by atoms with Crippen molar-refractivity contribution in [3.8, 4) is 0 Å². The summed E-state index contributed by atoms with van der Waals surface area (Å²) in [6, 6.07) is 0. The van der Waals surface area contributed by atoms with E-state index in [2.05, 4.69) is 40.6 Å². The van der Waals surface area contributed by atoms with Gasteiger partial charge in [0.2, 0.25) is 0 Å². The van der Waals surface area contributed by atoms with Crippen LogP contribution in [0.25, 0.3) is 0 Å². The second-order valence-corrected chi connectivity index (χ2v) is 5.93. The van der Waals surface area contributed by atoms with Crippen LogP contribution >= 0.6 is 0 Å². The number of tetrazole rings is 1. The standard InChI is InChI=1S/C11H20N8O2/c1-10(2,7-14-9(20)21-17-7)5-13-6-11(3,4-12)8-15-18-19-16-8/h13H,4-6,12H2,1-3H3,(H,14,17,20)(H,15,16,18,19). The normalized spacial score (nSPS) is 15.0. The van der Waals surface area contributed by atoms with Crippen LogP contribution in [0.3, 0.4) is 0 Å². The number of H-pyrrole nitrogens is 2. The number of nitrogens with one attached hydrogen (secondary N) is 3. The molecule has 0 fully saturated rings. The zero-order valence-corrected chi connectivity index (χ0v) is 12.3. The van der Waals surface area contributed by atoms with Gasteiger partial charge in [0, 0.05) is 25.0 Å². The van der Waals surface area contributed by atoms with E-state index < -0.39 is 11.2 Å². The van der Waals surface area contributed by atoms with Gasteiger partial charge in [-0.25, -0.2) is 4.79 Å². The third-order valence-electron chi connectivity index (χ3n) is 3.50. The average molecular weight is 296 g/mol. The second-order valence-electron chi connectivity index (χ2n) is 5.93. The molecule has 1 atom stereocenters. The smallest absolute Gasteiger partial charge is 0.329 e. The summed E-state index contributed by atoms with van der Waals surface area (Å²) in [4.78, 5) is 13.6. The van der Waals surface area contributed by atoms with Gasteiger partial charge in [0.05, 0.1) is 5.41 Å². The molecule has 2 aromatic heterocycles. The predicted molar refractivity (Wildman–Crippen MR) is 73.6 cm³/mol. The van der Waals surface area contributed by atoms with E-state index >= 15 is 0 Å². The van der Waals surface area contributed by atoms with Crippen LogP contribution < -0.4 is 16.8 Å². The summed E-state index contributed by atoms with van der Waals surface area (Å²) in [5, 5.41) is 21.0. The lowest BCUT2D eigenvalue weighted by Gasteiger charge is -2.28. The highest BCUT2D eigenvalue weighted by atomic mass is 16.5. The van der Waals surface area contributed by atoms with E-state index in [0.29, 0.717) is 31.3 Å². The predicted octanol–water partition coefficient (Wildman–Crippen LogP) is -1.34. The minimum atomic E-state index is -0.559. The summed E-state index contributed by atoms with van der Waals surface area (Å²) in [6.07, 6.45) is 0. The maximum absolute atomic E-state index is 11.0. The van der Waals surface area contributed by atoms with E-state index in [9.17, 15) is 4.79 Å². The molecule has 2 heterocycles. The van der Waals surface area contributed by atoms with Crippen LogP contribution in [0.2, 0.25) is 0 Å². The Morgan fingerprint density at radius 3 is 2.62 bits per heavy atom. The van der Waals surface area contributed by atoms with Crippen molar-refractivity contribution < 1.29 is 4.52 Å². The maximum Gasteiger partial charge on any atom is 0.438 e. The van der Waals surface area contributed by atoms with Crippen LogP contribution in [0, 0.1) is 0 Å². The zero-order valence-electron chi connectivity index (χ0n) is 12.3. The average Bonchev–Trinajstić information content (AvgIpc) is 3.09. The van der Waals surface area contributed by atoms with E-state index in [1.807, 2.05) is 20.8 Å². The molecular formula is C11H20N8O2. The van der Waals surface area contributed by atoms with Gasteiger partial charge >= 0.3 is 5.76 Å². The Balaban J connectivity index is 1.98. The molecule has 1 unspecified atom stereocenters. The molecule has 0 radical (unpaired) electrons. The molecular weight excluding hydrogens is 276 g/mol. The molecule has 21 heavy (non-hydrogen) atoms. The lowest BCUT2D eigenvalue weighted by molar-refractivity contribution is 0.347. The van der Waals surface area contributed by atoms with E-state index in [4.69, 9.17) is 5.73 Å². The molecule has 0 aliphatic rings. The Kier molecular flexibility index (Phi) is 4.19. The monoisotopic (exact) mass is 296 g/mol. The van der Waals surface area contributed by atoms with E-state index in [1.54, 1.807) is 0 Å². The number of hydrogen-bond donors (Lipinski definition) is 4. The van der Waals surface area contributed by atoms with Gasteiger partial charge in [-0.2, -0.15) is 5.21 Å². The minimum absolute atomic E-state index is 0.376. The van der Waals surface area contributed by atoms with E-state index in [1.165, 1.54) is 0 Å². The Bertz CT molecular complexity index is 616. The topological polar surface area (TPSA) is 151 Å². The molecule has 0 saturated carbocycles. The fourth-order valence-corrected chi connectivity index (χ4v) is 1.92. The van der Waals surface area contributed by atoms with Crippen LogP contribution in [-0.4, -0.2) is 50.4 Å². The number of nitrogens with zero attached hydrogens (tertiary/aromatic N) is 4. The molecule has 2 rings (SSSR count). The molecule has 0 bridgehead atoms. The molecule has 5 N–H and O–H groups in total. The third kappa shape index (κ3) is 3.34. The quantitative estimate of drug-likeness (QED) is 0.490. The van der Waals surface area contributed by atoms with Crippen LogP contribution in [0.1, 0.15) is 32.4 Å². The maximum atomic E-state index is 11.0. The van der Waals surface area contributed by atoms with Crippen molar-refractivity contribution in [2.45, 2.75) is 31.6 Å².